The quantitative estimate of drug-likeness (QED) is 0.567. The summed E-state index contributed by atoms with van der Waals surface area (Å²) in [6.45, 7) is 4.07. The van der Waals surface area contributed by atoms with E-state index in [4.69, 9.17) is 4.84 Å². The van der Waals surface area contributed by atoms with Gasteiger partial charge in [0.15, 0.2) is 5.54 Å². The summed E-state index contributed by atoms with van der Waals surface area (Å²) >= 11 is 1.67. The molecule has 1 aliphatic carbocycles. The largest absolute Gasteiger partial charge is 0.359 e. The highest BCUT2D eigenvalue weighted by molar-refractivity contribution is 8.01. The molecule has 1 aromatic rings. The van der Waals surface area contributed by atoms with Gasteiger partial charge in [-0.25, -0.2) is 4.79 Å². The Hall–Kier alpha value is -2.06. The van der Waals surface area contributed by atoms with E-state index in [1.807, 2.05) is 34.0 Å². The molecular weight excluding hydrogens is 414 g/mol. The third-order valence-electron chi connectivity index (χ3n) is 7.15. The molecule has 0 aromatic heterocycles. The maximum absolute atomic E-state index is 13.9. The number of amides is 2. The van der Waals surface area contributed by atoms with E-state index in [-0.39, 0.29) is 23.2 Å². The lowest BCUT2D eigenvalue weighted by atomic mass is 9.64. The number of hydroxylamine groups is 1. The van der Waals surface area contributed by atoms with Gasteiger partial charge in [0, 0.05) is 22.3 Å². The van der Waals surface area contributed by atoms with E-state index >= 15 is 0 Å². The molecule has 7 nitrogen and oxygen atoms in total. The molecule has 1 N–H and O–H groups in total. The molecule has 2 heterocycles. The van der Waals surface area contributed by atoms with Crippen molar-refractivity contribution in [2.75, 3.05) is 14.1 Å². The highest BCUT2D eigenvalue weighted by Crippen LogP contribution is 2.61. The third-order valence-corrected chi connectivity index (χ3v) is 8.70. The number of carbonyl (C=O) groups excluding carboxylic acids is 3. The molecular formula is C23H31N3O4S. The molecule has 1 aromatic carbocycles. The molecule has 3 fully saturated rings. The van der Waals surface area contributed by atoms with Crippen LogP contribution in [0.4, 0.5) is 0 Å². The van der Waals surface area contributed by atoms with Gasteiger partial charge in [0.1, 0.15) is 0 Å². The minimum atomic E-state index is -1.13. The van der Waals surface area contributed by atoms with Crippen LogP contribution >= 0.6 is 11.8 Å². The van der Waals surface area contributed by atoms with Crippen LogP contribution in [0.15, 0.2) is 30.3 Å². The van der Waals surface area contributed by atoms with Gasteiger partial charge in [-0.2, -0.15) is 5.48 Å². The summed E-state index contributed by atoms with van der Waals surface area (Å²) in [7, 11) is 4.06. The second-order valence-corrected chi connectivity index (χ2v) is 11.2. The fourth-order valence-electron chi connectivity index (χ4n) is 5.78. The van der Waals surface area contributed by atoms with Crippen LogP contribution in [0.3, 0.4) is 0 Å². The third kappa shape index (κ3) is 3.44. The molecule has 2 saturated heterocycles. The van der Waals surface area contributed by atoms with Gasteiger partial charge in [0.25, 0.3) is 5.91 Å². The van der Waals surface area contributed by atoms with Crippen molar-refractivity contribution in [1.82, 2.24) is 15.3 Å². The number of β-lactam (4-membered cyclic amide) rings is 1. The van der Waals surface area contributed by atoms with Crippen LogP contribution in [-0.2, 0) is 14.4 Å². The Morgan fingerprint density at radius 2 is 1.84 bits per heavy atom. The molecule has 4 atom stereocenters. The maximum atomic E-state index is 13.9. The summed E-state index contributed by atoms with van der Waals surface area (Å²) < 4.78 is -0.547. The van der Waals surface area contributed by atoms with Crippen LogP contribution in [0.5, 0.6) is 0 Å². The van der Waals surface area contributed by atoms with Crippen molar-refractivity contribution in [3.05, 3.63) is 35.9 Å². The molecule has 3 aliphatic rings. The summed E-state index contributed by atoms with van der Waals surface area (Å²) in [5, 5.41) is -0.0235. The van der Waals surface area contributed by atoms with Crippen molar-refractivity contribution >= 4 is 29.5 Å². The van der Waals surface area contributed by atoms with Gasteiger partial charge < -0.3 is 14.6 Å². The van der Waals surface area contributed by atoms with Gasteiger partial charge in [-0.1, -0.05) is 31.0 Å². The first kappa shape index (κ1) is 22.1. The Balaban J connectivity index is 1.68. The first-order valence-electron chi connectivity index (χ1n) is 10.9. The summed E-state index contributed by atoms with van der Waals surface area (Å²) in [6.07, 6.45) is 4.36. The van der Waals surface area contributed by atoms with Gasteiger partial charge in [0.05, 0.1) is 11.8 Å². The van der Waals surface area contributed by atoms with Gasteiger partial charge in [-0.3, -0.25) is 9.59 Å². The fraction of sp³-hybridized carbons (Fsp3) is 0.609. The Bertz CT molecular complexity index is 875. The molecule has 2 unspecified atom stereocenters. The number of hydrogen-bond acceptors (Lipinski definition) is 6. The van der Waals surface area contributed by atoms with E-state index in [2.05, 4.69) is 10.4 Å². The molecule has 0 radical (unpaired) electrons. The molecule has 0 bridgehead atoms. The molecule has 31 heavy (non-hydrogen) atoms. The van der Waals surface area contributed by atoms with Crippen LogP contribution in [0.25, 0.3) is 0 Å². The van der Waals surface area contributed by atoms with Crippen molar-refractivity contribution in [2.45, 2.75) is 67.7 Å². The topological polar surface area (TPSA) is 79.0 Å². The minimum Gasteiger partial charge on any atom is -0.338 e. The minimum absolute atomic E-state index is 0.0162. The first-order chi connectivity index (χ1) is 14.7. The zero-order valence-electron chi connectivity index (χ0n) is 18.6. The zero-order valence-corrected chi connectivity index (χ0v) is 19.4. The van der Waals surface area contributed by atoms with Crippen molar-refractivity contribution in [1.29, 1.82) is 0 Å². The number of rotatable bonds is 4. The Morgan fingerprint density at radius 3 is 2.48 bits per heavy atom. The van der Waals surface area contributed by atoms with Gasteiger partial charge in [-0.15, -0.1) is 11.8 Å². The lowest BCUT2D eigenvalue weighted by Gasteiger charge is -2.55. The molecule has 8 heteroatoms. The van der Waals surface area contributed by atoms with Crippen LogP contribution < -0.4 is 5.48 Å². The van der Waals surface area contributed by atoms with Crippen molar-refractivity contribution in [3.8, 4) is 0 Å². The van der Waals surface area contributed by atoms with Crippen LogP contribution in [0.1, 0.15) is 56.3 Å². The number of hydrogen-bond donors (Lipinski definition) is 1. The summed E-state index contributed by atoms with van der Waals surface area (Å²) in [5.41, 5.74) is 1.63. The average Bonchev–Trinajstić information content (AvgIpc) is 2.94. The summed E-state index contributed by atoms with van der Waals surface area (Å²) in [6, 6.07) is 8.79. The highest BCUT2D eigenvalue weighted by atomic mass is 32.2. The second-order valence-electron chi connectivity index (χ2n) is 9.43. The summed E-state index contributed by atoms with van der Waals surface area (Å²) in [5.74, 6) is -1.11. The maximum Gasteiger partial charge on any atom is 0.359 e. The number of thioether (sulfide) groups is 1. The molecule has 0 spiro atoms. The molecule has 1 saturated carbocycles. The van der Waals surface area contributed by atoms with E-state index in [9.17, 15) is 14.4 Å². The molecule has 168 valence electrons. The van der Waals surface area contributed by atoms with Gasteiger partial charge >= 0.3 is 5.97 Å². The predicted molar refractivity (Wildman–Crippen MR) is 119 cm³/mol. The monoisotopic (exact) mass is 445 g/mol. The normalized spacial score (nSPS) is 31.7. The van der Waals surface area contributed by atoms with E-state index in [1.54, 1.807) is 40.9 Å². The van der Waals surface area contributed by atoms with E-state index in [0.717, 1.165) is 25.7 Å². The molecule has 2 amide bonds. The number of fused-ring (bicyclic) bond motifs is 1. The fourth-order valence-corrected chi connectivity index (χ4v) is 7.59. The van der Waals surface area contributed by atoms with Crippen molar-refractivity contribution in [3.63, 3.8) is 0 Å². The van der Waals surface area contributed by atoms with Crippen LogP contribution in [0, 0.1) is 5.92 Å². The standard InChI is InChI=1S/C23H31N3O4S/c1-22(2)23(26-18(27)14-19(26)31-22,16-12-8-9-13-17(16)25(3)4)21(29)30-24-20(28)15-10-6-5-7-11-15/h5-7,10-11,16-17,19H,8-9,12-14H2,1-4H3,(H,24,28)/t16?,17?,19-,23+/m1/s1. The smallest absolute Gasteiger partial charge is 0.338 e. The van der Waals surface area contributed by atoms with Crippen molar-refractivity contribution in [2.24, 2.45) is 5.92 Å². The summed E-state index contributed by atoms with van der Waals surface area (Å²) in [4.78, 5) is 48.6. The van der Waals surface area contributed by atoms with Crippen LogP contribution in [0.2, 0.25) is 0 Å². The SMILES string of the molecule is CN(C)C1CCCCC1[C@@]1(C(=O)ONC(=O)c2ccccc2)N2C(=O)C[C@H]2SC1(C)C. The van der Waals surface area contributed by atoms with E-state index in [1.165, 1.54) is 0 Å². The highest BCUT2D eigenvalue weighted by Gasteiger charge is 2.73. The number of nitrogens with one attached hydrogen (secondary N) is 1. The second kappa shape index (κ2) is 8.13. The predicted octanol–water partition coefficient (Wildman–Crippen LogP) is 2.82. The Kier molecular flexibility index (Phi) is 5.81. The van der Waals surface area contributed by atoms with E-state index < -0.39 is 22.2 Å². The number of nitrogens with zero attached hydrogens (tertiary/aromatic N) is 2. The Morgan fingerprint density at radius 1 is 1.16 bits per heavy atom. The lowest BCUT2D eigenvalue weighted by molar-refractivity contribution is -0.185. The molecule has 2 aliphatic heterocycles. The van der Waals surface area contributed by atoms with Crippen molar-refractivity contribution < 1.29 is 19.2 Å². The first-order valence-corrected chi connectivity index (χ1v) is 11.8. The van der Waals surface area contributed by atoms with Gasteiger partial charge in [-0.05, 0) is 52.9 Å². The molecule has 4 rings (SSSR count). The number of benzene rings is 1. The lowest BCUT2D eigenvalue weighted by Crippen LogP contribution is -2.73. The zero-order chi connectivity index (χ0) is 22.4. The van der Waals surface area contributed by atoms with Crippen LogP contribution in [-0.4, -0.2) is 63.4 Å². The van der Waals surface area contributed by atoms with E-state index in [0.29, 0.717) is 12.0 Å². The Labute approximate surface area is 187 Å². The average molecular weight is 446 g/mol. The van der Waals surface area contributed by atoms with Gasteiger partial charge in [0.2, 0.25) is 5.91 Å². The number of carbonyl (C=O) groups is 3.